The molecular formula is C17H24O4. The van der Waals surface area contributed by atoms with Gasteiger partial charge in [-0.15, -0.1) is 6.58 Å². The summed E-state index contributed by atoms with van der Waals surface area (Å²) in [6, 6.07) is 0. The summed E-state index contributed by atoms with van der Waals surface area (Å²) in [7, 11) is 2.65. The lowest BCUT2D eigenvalue weighted by molar-refractivity contribution is -0.175. The molecule has 0 saturated heterocycles. The highest BCUT2D eigenvalue weighted by Crippen LogP contribution is 2.59. The Morgan fingerprint density at radius 3 is 2.33 bits per heavy atom. The van der Waals surface area contributed by atoms with Crippen molar-refractivity contribution in [2.24, 2.45) is 22.7 Å². The first-order chi connectivity index (χ1) is 9.85. The van der Waals surface area contributed by atoms with Crippen molar-refractivity contribution in [1.82, 2.24) is 0 Å². The maximum atomic E-state index is 12.3. The van der Waals surface area contributed by atoms with Crippen molar-refractivity contribution in [2.75, 3.05) is 14.2 Å². The summed E-state index contributed by atoms with van der Waals surface area (Å²) in [5.74, 6) is -0.499. The molecule has 0 aliphatic heterocycles. The minimum atomic E-state index is -1.17. The number of carbonyl (C=O) groups excluding carboxylic acids is 2. The summed E-state index contributed by atoms with van der Waals surface area (Å²) in [6.07, 6.45) is 5.86. The molecule has 0 aromatic carbocycles. The van der Waals surface area contributed by atoms with Crippen LogP contribution < -0.4 is 0 Å². The van der Waals surface area contributed by atoms with Gasteiger partial charge in [0.15, 0.2) is 5.41 Å². The van der Waals surface area contributed by atoms with E-state index < -0.39 is 17.4 Å². The predicted molar refractivity (Wildman–Crippen MR) is 79.4 cm³/mol. The first-order valence-electron chi connectivity index (χ1n) is 7.33. The van der Waals surface area contributed by atoms with Gasteiger partial charge in [0, 0.05) is 5.92 Å². The van der Waals surface area contributed by atoms with Crippen LogP contribution in [0, 0.1) is 22.7 Å². The van der Waals surface area contributed by atoms with Crippen LogP contribution in [0.25, 0.3) is 0 Å². The quantitative estimate of drug-likeness (QED) is 0.456. The Morgan fingerprint density at radius 2 is 1.86 bits per heavy atom. The minimum Gasteiger partial charge on any atom is -0.468 e. The molecule has 2 aliphatic carbocycles. The van der Waals surface area contributed by atoms with E-state index in [9.17, 15) is 9.59 Å². The van der Waals surface area contributed by atoms with Gasteiger partial charge in [0.2, 0.25) is 0 Å². The predicted octanol–water partition coefficient (Wildman–Crippen LogP) is 2.89. The van der Waals surface area contributed by atoms with Crippen LogP contribution in [-0.2, 0) is 19.1 Å². The summed E-state index contributed by atoms with van der Waals surface area (Å²) in [6.45, 7) is 8.21. The lowest BCUT2D eigenvalue weighted by Gasteiger charge is -2.47. The Bertz CT molecular complexity index is 489. The van der Waals surface area contributed by atoms with Gasteiger partial charge in [-0.1, -0.05) is 24.6 Å². The molecule has 4 heteroatoms. The first kappa shape index (κ1) is 15.8. The van der Waals surface area contributed by atoms with Crippen LogP contribution in [-0.4, -0.2) is 26.2 Å². The van der Waals surface area contributed by atoms with Gasteiger partial charge < -0.3 is 9.47 Å². The molecule has 2 aliphatic rings. The highest BCUT2D eigenvalue weighted by Gasteiger charge is 2.59. The third kappa shape index (κ3) is 2.12. The lowest BCUT2D eigenvalue weighted by Crippen LogP contribution is -2.50. The number of hydrogen-bond acceptors (Lipinski definition) is 4. The number of methoxy groups -OCH3 is 2. The summed E-state index contributed by atoms with van der Waals surface area (Å²) in [5, 5.41) is 0. The molecule has 4 nitrogen and oxygen atoms in total. The van der Waals surface area contributed by atoms with E-state index in [4.69, 9.17) is 9.47 Å². The van der Waals surface area contributed by atoms with Gasteiger partial charge in [-0.2, -0.15) is 0 Å². The highest BCUT2D eigenvalue weighted by molar-refractivity contribution is 6.00. The summed E-state index contributed by atoms with van der Waals surface area (Å²) >= 11 is 0. The van der Waals surface area contributed by atoms with E-state index in [2.05, 4.69) is 26.5 Å². The minimum absolute atomic E-state index is 0.0252. The molecule has 1 fully saturated rings. The Balaban J connectivity index is 2.40. The van der Waals surface area contributed by atoms with Gasteiger partial charge in [0.25, 0.3) is 0 Å². The Labute approximate surface area is 126 Å². The maximum Gasteiger partial charge on any atom is 0.323 e. The third-order valence-corrected chi connectivity index (χ3v) is 5.60. The SMILES string of the molecule is C=C[C@@H]1C=C(C)[C@@H]2CC(C(=O)OC)(C(=O)OC)CC[C@@]12C. The van der Waals surface area contributed by atoms with Crippen molar-refractivity contribution >= 4 is 11.9 Å². The number of ether oxygens (including phenoxy) is 2. The number of hydrogen-bond donors (Lipinski definition) is 0. The normalized spacial score (nSPS) is 33.6. The number of carbonyl (C=O) groups is 2. The van der Waals surface area contributed by atoms with Crippen LogP contribution in [0.15, 0.2) is 24.3 Å². The fourth-order valence-corrected chi connectivity index (χ4v) is 4.19. The number of esters is 2. The van der Waals surface area contributed by atoms with Crippen molar-refractivity contribution in [3.8, 4) is 0 Å². The van der Waals surface area contributed by atoms with Gasteiger partial charge in [-0.3, -0.25) is 9.59 Å². The van der Waals surface area contributed by atoms with Gasteiger partial charge in [0.05, 0.1) is 14.2 Å². The second-order valence-electron chi connectivity index (χ2n) is 6.50. The molecule has 0 amide bonds. The molecular weight excluding hydrogens is 268 g/mol. The summed E-state index contributed by atoms with van der Waals surface area (Å²) in [5.41, 5.74) is 0.0789. The second-order valence-corrected chi connectivity index (χ2v) is 6.50. The molecule has 0 aromatic rings. The molecule has 0 N–H and O–H groups in total. The van der Waals surface area contributed by atoms with Crippen LogP contribution in [0.2, 0.25) is 0 Å². The van der Waals surface area contributed by atoms with E-state index in [1.807, 2.05) is 6.08 Å². The van der Waals surface area contributed by atoms with Crippen LogP contribution in [0.1, 0.15) is 33.1 Å². The topological polar surface area (TPSA) is 52.6 Å². The maximum absolute atomic E-state index is 12.3. The highest BCUT2D eigenvalue weighted by atomic mass is 16.5. The van der Waals surface area contributed by atoms with Crippen LogP contribution >= 0.6 is 0 Å². The van der Waals surface area contributed by atoms with Crippen LogP contribution in [0.4, 0.5) is 0 Å². The van der Waals surface area contributed by atoms with Crippen molar-refractivity contribution in [1.29, 1.82) is 0 Å². The Morgan fingerprint density at radius 1 is 1.29 bits per heavy atom. The van der Waals surface area contributed by atoms with E-state index in [0.29, 0.717) is 12.8 Å². The second kappa shape index (κ2) is 5.32. The first-order valence-corrected chi connectivity index (χ1v) is 7.33. The molecule has 0 radical (unpaired) electrons. The zero-order valence-corrected chi connectivity index (χ0v) is 13.3. The summed E-state index contributed by atoms with van der Waals surface area (Å²) < 4.78 is 9.81. The Kier molecular flexibility index (Phi) is 4.00. The Hall–Kier alpha value is -1.58. The van der Waals surface area contributed by atoms with Crippen molar-refractivity contribution in [3.63, 3.8) is 0 Å². The van der Waals surface area contributed by atoms with E-state index in [1.54, 1.807) is 0 Å². The van der Waals surface area contributed by atoms with Crippen molar-refractivity contribution < 1.29 is 19.1 Å². The van der Waals surface area contributed by atoms with Gasteiger partial charge in [-0.05, 0) is 37.5 Å². The van der Waals surface area contributed by atoms with Crippen LogP contribution in [0.3, 0.4) is 0 Å². The van der Waals surface area contributed by atoms with Gasteiger partial charge >= 0.3 is 11.9 Å². The number of rotatable bonds is 3. The standard InChI is InChI=1S/C17H24O4/c1-6-12-9-11(2)13-10-17(14(18)20-4,15(19)21-5)8-7-16(12,13)3/h6,9,12-13H,1,7-8,10H2,2-5H3/t12-,13+,16+/m1/s1. The molecule has 0 heterocycles. The number of allylic oxidation sites excluding steroid dienone is 3. The molecule has 2 rings (SSSR count). The van der Waals surface area contributed by atoms with Crippen molar-refractivity contribution in [2.45, 2.75) is 33.1 Å². The van der Waals surface area contributed by atoms with E-state index in [0.717, 1.165) is 6.42 Å². The van der Waals surface area contributed by atoms with Gasteiger partial charge in [-0.25, -0.2) is 0 Å². The lowest BCUT2D eigenvalue weighted by atomic mass is 9.56. The fourth-order valence-electron chi connectivity index (χ4n) is 4.19. The molecule has 116 valence electrons. The number of fused-ring (bicyclic) bond motifs is 1. The van der Waals surface area contributed by atoms with E-state index in [-0.39, 0.29) is 17.3 Å². The average Bonchev–Trinajstić information content (AvgIpc) is 2.75. The third-order valence-electron chi connectivity index (χ3n) is 5.60. The molecule has 0 spiro atoms. The van der Waals surface area contributed by atoms with Crippen LogP contribution in [0.5, 0.6) is 0 Å². The van der Waals surface area contributed by atoms with Crippen molar-refractivity contribution in [3.05, 3.63) is 24.3 Å². The summed E-state index contributed by atoms with van der Waals surface area (Å²) in [4.78, 5) is 24.6. The fraction of sp³-hybridized carbons (Fsp3) is 0.647. The smallest absolute Gasteiger partial charge is 0.323 e. The van der Waals surface area contributed by atoms with Gasteiger partial charge in [0.1, 0.15) is 0 Å². The molecule has 0 aromatic heterocycles. The molecule has 3 atom stereocenters. The van der Waals surface area contributed by atoms with E-state index >= 15 is 0 Å². The monoisotopic (exact) mass is 292 g/mol. The largest absolute Gasteiger partial charge is 0.468 e. The zero-order valence-electron chi connectivity index (χ0n) is 13.3. The molecule has 0 unspecified atom stereocenters. The average molecular weight is 292 g/mol. The molecule has 21 heavy (non-hydrogen) atoms. The molecule has 1 saturated carbocycles. The zero-order chi connectivity index (χ0) is 15.8. The van der Waals surface area contributed by atoms with E-state index in [1.165, 1.54) is 19.8 Å². The molecule has 0 bridgehead atoms.